The zero-order chi connectivity index (χ0) is 16.8. The fourth-order valence-corrected chi connectivity index (χ4v) is 2.22. The van der Waals surface area contributed by atoms with E-state index in [-0.39, 0.29) is 5.91 Å². The van der Waals surface area contributed by atoms with E-state index < -0.39 is 0 Å². The fourth-order valence-electron chi connectivity index (χ4n) is 1.87. The van der Waals surface area contributed by atoms with E-state index >= 15 is 0 Å². The molecule has 0 atom stereocenters. The van der Waals surface area contributed by atoms with Gasteiger partial charge in [-0.15, -0.1) is 0 Å². The highest BCUT2D eigenvalue weighted by Crippen LogP contribution is 2.31. The molecule has 1 heterocycles. The predicted octanol–water partition coefficient (Wildman–Crippen LogP) is 3.42. The minimum absolute atomic E-state index is 0.215. The molecule has 1 aromatic carbocycles. The minimum atomic E-state index is -0.215. The van der Waals surface area contributed by atoms with Gasteiger partial charge in [-0.3, -0.25) is 9.78 Å². The molecule has 0 aliphatic rings. The summed E-state index contributed by atoms with van der Waals surface area (Å²) in [5, 5.41) is 6.86. The van der Waals surface area contributed by atoms with E-state index in [1.54, 1.807) is 30.5 Å². The van der Waals surface area contributed by atoms with Crippen LogP contribution < -0.4 is 10.6 Å². The summed E-state index contributed by atoms with van der Waals surface area (Å²) in [6.07, 6.45) is 1.57. The molecule has 0 fully saturated rings. The molecule has 1 aromatic heterocycles. The molecule has 5 nitrogen and oxygen atoms in total. The lowest BCUT2D eigenvalue weighted by Gasteiger charge is -2.12. The van der Waals surface area contributed by atoms with E-state index in [1.165, 1.54) is 0 Å². The molecule has 7 heteroatoms. The van der Waals surface area contributed by atoms with Gasteiger partial charge in [-0.25, -0.2) is 0 Å². The molecule has 0 radical (unpaired) electrons. The van der Waals surface area contributed by atoms with Crippen molar-refractivity contribution in [3.05, 3.63) is 52.3 Å². The summed E-state index contributed by atoms with van der Waals surface area (Å²) in [7, 11) is 3.90. The highest BCUT2D eigenvalue weighted by atomic mass is 35.5. The number of hydrogen-bond donors (Lipinski definition) is 2. The van der Waals surface area contributed by atoms with Crippen LogP contribution in [-0.2, 0) is 0 Å². The molecular weight excluding hydrogens is 335 g/mol. The van der Waals surface area contributed by atoms with Crippen molar-refractivity contribution in [2.75, 3.05) is 32.5 Å². The number of aromatic nitrogens is 1. The maximum absolute atomic E-state index is 12.1. The highest BCUT2D eigenvalue weighted by Gasteiger charge is 2.09. The summed E-state index contributed by atoms with van der Waals surface area (Å²) in [5.41, 5.74) is 1.72. The summed E-state index contributed by atoms with van der Waals surface area (Å²) >= 11 is 12.1. The van der Waals surface area contributed by atoms with Crippen LogP contribution in [0, 0.1) is 0 Å². The van der Waals surface area contributed by atoms with Gasteiger partial charge in [0, 0.05) is 25.0 Å². The molecule has 1 amide bonds. The average molecular weight is 353 g/mol. The molecule has 0 spiro atoms. The molecule has 0 bridgehead atoms. The second kappa shape index (κ2) is 8.15. The molecule has 2 rings (SSSR count). The van der Waals surface area contributed by atoms with Crippen molar-refractivity contribution in [3.63, 3.8) is 0 Å². The van der Waals surface area contributed by atoms with Crippen molar-refractivity contribution in [1.82, 2.24) is 15.2 Å². The number of amides is 1. The van der Waals surface area contributed by atoms with Crippen molar-refractivity contribution < 1.29 is 4.79 Å². The number of carbonyl (C=O) groups is 1. The van der Waals surface area contributed by atoms with E-state index in [4.69, 9.17) is 23.2 Å². The molecule has 23 heavy (non-hydrogen) atoms. The molecule has 0 aliphatic heterocycles. The van der Waals surface area contributed by atoms with Crippen molar-refractivity contribution in [2.45, 2.75) is 0 Å². The van der Waals surface area contributed by atoms with Gasteiger partial charge < -0.3 is 15.5 Å². The summed E-state index contributed by atoms with van der Waals surface area (Å²) in [6, 6.07) is 8.75. The maximum atomic E-state index is 12.1. The largest absolute Gasteiger partial charge is 0.354 e. The first-order valence-electron chi connectivity index (χ1n) is 7.07. The molecule has 122 valence electrons. The van der Waals surface area contributed by atoms with Crippen molar-refractivity contribution in [3.8, 4) is 0 Å². The molecule has 0 saturated carbocycles. The second-order valence-electron chi connectivity index (χ2n) is 5.22. The molecule has 2 N–H and O–H groups in total. The van der Waals surface area contributed by atoms with Crippen LogP contribution in [0.25, 0.3) is 0 Å². The van der Waals surface area contributed by atoms with Crippen molar-refractivity contribution >= 4 is 40.5 Å². The minimum Gasteiger partial charge on any atom is -0.354 e. The number of halogens is 2. The van der Waals surface area contributed by atoms with Gasteiger partial charge in [-0.05, 0) is 38.4 Å². The van der Waals surface area contributed by atoms with Crippen LogP contribution in [0.4, 0.5) is 11.4 Å². The van der Waals surface area contributed by atoms with Gasteiger partial charge in [0.2, 0.25) is 0 Å². The lowest BCUT2D eigenvalue weighted by atomic mass is 10.2. The first-order chi connectivity index (χ1) is 11.0. The van der Waals surface area contributed by atoms with E-state index in [0.717, 1.165) is 6.54 Å². The number of likely N-dealkylation sites (N-methyl/N-ethyl adjacent to an activating group) is 1. The lowest BCUT2D eigenvalue weighted by Crippen LogP contribution is -2.31. The van der Waals surface area contributed by atoms with Gasteiger partial charge in [0.25, 0.3) is 5.91 Å². The third kappa shape index (κ3) is 5.10. The van der Waals surface area contributed by atoms with Crippen LogP contribution in [0.2, 0.25) is 10.0 Å². The molecule has 0 unspecified atom stereocenters. The third-order valence-electron chi connectivity index (χ3n) is 3.07. The highest BCUT2D eigenvalue weighted by molar-refractivity contribution is 6.43. The summed E-state index contributed by atoms with van der Waals surface area (Å²) in [4.78, 5) is 18.2. The first-order valence-corrected chi connectivity index (χ1v) is 7.83. The first kappa shape index (κ1) is 17.5. The smallest absolute Gasteiger partial charge is 0.269 e. The van der Waals surface area contributed by atoms with E-state index in [1.807, 2.05) is 25.1 Å². The van der Waals surface area contributed by atoms with Gasteiger partial charge in [-0.1, -0.05) is 29.3 Å². The zero-order valence-corrected chi connectivity index (χ0v) is 14.4. The third-order valence-corrected chi connectivity index (χ3v) is 3.89. The molecule has 2 aromatic rings. The molecular formula is C16H18Cl2N4O. The fraction of sp³-hybridized carbons (Fsp3) is 0.250. The van der Waals surface area contributed by atoms with E-state index in [9.17, 15) is 4.79 Å². The standard InChI is InChI=1S/C16H18Cl2N4O/c1-22(2)9-8-20-16(23)14-10-11(6-7-19-14)21-13-5-3-4-12(17)15(13)18/h3-7,10H,8-9H2,1-2H3,(H,19,21)(H,20,23). The van der Waals surface area contributed by atoms with Crippen LogP contribution in [0.3, 0.4) is 0 Å². The number of rotatable bonds is 6. The number of pyridine rings is 1. The predicted molar refractivity (Wildman–Crippen MR) is 94.9 cm³/mol. The Morgan fingerprint density at radius 1 is 1.26 bits per heavy atom. The van der Waals surface area contributed by atoms with Crippen LogP contribution >= 0.6 is 23.2 Å². The monoisotopic (exact) mass is 352 g/mol. The normalized spacial score (nSPS) is 10.7. The number of benzene rings is 1. The van der Waals surface area contributed by atoms with Crippen LogP contribution in [0.1, 0.15) is 10.5 Å². The number of anilines is 2. The Labute approximate surface area is 145 Å². The van der Waals surface area contributed by atoms with Crippen molar-refractivity contribution in [1.29, 1.82) is 0 Å². The van der Waals surface area contributed by atoms with Gasteiger partial charge in [0.15, 0.2) is 0 Å². The number of carbonyl (C=O) groups excluding carboxylic acids is 1. The van der Waals surface area contributed by atoms with Crippen LogP contribution in [-0.4, -0.2) is 43.0 Å². The molecule has 0 saturated heterocycles. The van der Waals surface area contributed by atoms with Crippen molar-refractivity contribution in [2.24, 2.45) is 0 Å². The number of hydrogen-bond acceptors (Lipinski definition) is 4. The second-order valence-corrected chi connectivity index (χ2v) is 6.00. The zero-order valence-electron chi connectivity index (χ0n) is 12.9. The summed E-state index contributed by atoms with van der Waals surface area (Å²) in [5.74, 6) is -0.215. The Hall–Kier alpha value is -1.82. The van der Waals surface area contributed by atoms with Crippen LogP contribution in [0.15, 0.2) is 36.5 Å². The Bertz CT molecular complexity index is 692. The average Bonchev–Trinajstić information content (AvgIpc) is 2.52. The Kier molecular flexibility index (Phi) is 6.21. The summed E-state index contributed by atoms with van der Waals surface area (Å²) in [6.45, 7) is 1.33. The van der Waals surface area contributed by atoms with E-state index in [2.05, 4.69) is 15.6 Å². The quantitative estimate of drug-likeness (QED) is 0.836. The van der Waals surface area contributed by atoms with E-state index in [0.29, 0.717) is 33.7 Å². The maximum Gasteiger partial charge on any atom is 0.269 e. The SMILES string of the molecule is CN(C)CCNC(=O)c1cc(Nc2cccc(Cl)c2Cl)ccn1. The Morgan fingerprint density at radius 2 is 2.04 bits per heavy atom. The lowest BCUT2D eigenvalue weighted by molar-refractivity contribution is 0.0946. The van der Waals surface area contributed by atoms with Crippen LogP contribution in [0.5, 0.6) is 0 Å². The Balaban J connectivity index is 2.07. The number of nitrogens with zero attached hydrogens (tertiary/aromatic N) is 2. The van der Waals surface area contributed by atoms with Gasteiger partial charge in [0.1, 0.15) is 5.69 Å². The van der Waals surface area contributed by atoms with Gasteiger partial charge >= 0.3 is 0 Å². The summed E-state index contributed by atoms with van der Waals surface area (Å²) < 4.78 is 0. The molecule has 0 aliphatic carbocycles. The number of nitrogens with one attached hydrogen (secondary N) is 2. The Morgan fingerprint density at radius 3 is 2.78 bits per heavy atom. The van der Waals surface area contributed by atoms with Gasteiger partial charge in [0.05, 0.1) is 15.7 Å². The van der Waals surface area contributed by atoms with Gasteiger partial charge in [-0.2, -0.15) is 0 Å². The topological polar surface area (TPSA) is 57.3 Å².